The summed E-state index contributed by atoms with van der Waals surface area (Å²) in [4.78, 5) is 2.36. The minimum absolute atomic E-state index is 1.09. The third kappa shape index (κ3) is 6.32. The second-order valence-electron chi connectivity index (χ2n) is 15.3. The molecule has 0 aliphatic heterocycles. The van der Waals surface area contributed by atoms with Crippen LogP contribution in [0.25, 0.3) is 82.8 Å². The molecule has 2 nitrogen and oxygen atoms in total. The van der Waals surface area contributed by atoms with Crippen LogP contribution in [-0.2, 0) is 0 Å². The molecule has 10 aromatic carbocycles. The van der Waals surface area contributed by atoms with Crippen LogP contribution in [0.2, 0.25) is 0 Å². The highest BCUT2D eigenvalue weighted by molar-refractivity contribution is 6.11. The first-order chi connectivity index (χ1) is 29.8. The first-order valence-electron chi connectivity index (χ1n) is 20.6. The smallest absolute Gasteiger partial charge is 0.0541 e. The van der Waals surface area contributed by atoms with Crippen LogP contribution >= 0.6 is 0 Å². The van der Waals surface area contributed by atoms with Gasteiger partial charge in [-0.15, -0.1) is 0 Å². The molecule has 0 saturated heterocycles. The van der Waals surface area contributed by atoms with E-state index in [1.54, 1.807) is 0 Å². The van der Waals surface area contributed by atoms with Gasteiger partial charge in [0.15, 0.2) is 0 Å². The van der Waals surface area contributed by atoms with Crippen molar-refractivity contribution in [3.8, 4) is 50.2 Å². The van der Waals surface area contributed by atoms with Gasteiger partial charge in [-0.25, -0.2) is 0 Å². The van der Waals surface area contributed by atoms with E-state index in [0.717, 1.165) is 28.3 Å². The van der Waals surface area contributed by atoms with E-state index in [1.807, 2.05) is 0 Å². The summed E-state index contributed by atoms with van der Waals surface area (Å²) in [6, 6.07) is 87.8. The molecule has 0 unspecified atom stereocenters. The van der Waals surface area contributed by atoms with Gasteiger partial charge >= 0.3 is 0 Å². The highest BCUT2D eigenvalue weighted by Gasteiger charge is 2.18. The molecule has 0 spiro atoms. The van der Waals surface area contributed by atoms with E-state index in [2.05, 4.69) is 252 Å². The Kier molecular flexibility index (Phi) is 8.87. The number of rotatable bonds is 8. The highest BCUT2D eigenvalue weighted by atomic mass is 15.1. The number of aromatic nitrogens is 1. The van der Waals surface area contributed by atoms with E-state index in [4.69, 9.17) is 0 Å². The Hall–Kier alpha value is -7.94. The molecule has 11 aromatic rings. The van der Waals surface area contributed by atoms with Gasteiger partial charge in [-0.3, -0.25) is 0 Å². The lowest BCUT2D eigenvalue weighted by Gasteiger charge is -2.26. The maximum atomic E-state index is 2.43. The van der Waals surface area contributed by atoms with Crippen molar-refractivity contribution in [2.45, 2.75) is 0 Å². The summed E-state index contributed by atoms with van der Waals surface area (Å²) in [5.41, 5.74) is 16.4. The summed E-state index contributed by atoms with van der Waals surface area (Å²) < 4.78 is 2.43. The molecule has 0 bridgehead atoms. The van der Waals surface area contributed by atoms with Crippen molar-refractivity contribution in [2.75, 3.05) is 4.90 Å². The second kappa shape index (κ2) is 15.1. The average Bonchev–Trinajstić information content (AvgIpc) is 3.66. The van der Waals surface area contributed by atoms with E-state index in [9.17, 15) is 0 Å². The monoisotopic (exact) mass is 764 g/mol. The number of nitrogens with zero attached hydrogens (tertiary/aromatic N) is 2. The Balaban J connectivity index is 0.997. The topological polar surface area (TPSA) is 8.17 Å². The highest BCUT2D eigenvalue weighted by Crippen LogP contribution is 2.41. The van der Waals surface area contributed by atoms with E-state index in [0.29, 0.717) is 0 Å². The van der Waals surface area contributed by atoms with Crippen molar-refractivity contribution in [3.63, 3.8) is 0 Å². The van der Waals surface area contributed by atoms with Crippen LogP contribution in [0, 0.1) is 0 Å². The molecule has 0 radical (unpaired) electrons. The van der Waals surface area contributed by atoms with Crippen molar-refractivity contribution in [1.82, 2.24) is 4.57 Å². The number of benzene rings is 10. The van der Waals surface area contributed by atoms with E-state index < -0.39 is 0 Å². The van der Waals surface area contributed by atoms with E-state index in [-0.39, 0.29) is 0 Å². The van der Waals surface area contributed by atoms with Gasteiger partial charge in [0.2, 0.25) is 0 Å². The first-order valence-corrected chi connectivity index (χ1v) is 20.6. The third-order valence-corrected chi connectivity index (χ3v) is 11.8. The fourth-order valence-electron chi connectivity index (χ4n) is 8.89. The number of hydrogen-bond donors (Lipinski definition) is 0. The fraction of sp³-hybridized carbons (Fsp3) is 0. The quantitative estimate of drug-likeness (QED) is 0.150. The van der Waals surface area contributed by atoms with E-state index in [1.165, 1.54) is 71.5 Å². The molecule has 282 valence electrons. The Morgan fingerprint density at radius 2 is 0.717 bits per heavy atom. The zero-order valence-electron chi connectivity index (χ0n) is 33.0. The molecule has 0 aliphatic rings. The predicted octanol–water partition coefficient (Wildman–Crippen LogP) is 16.1. The van der Waals surface area contributed by atoms with Crippen molar-refractivity contribution >= 4 is 49.6 Å². The Morgan fingerprint density at radius 1 is 0.267 bits per heavy atom. The Morgan fingerprint density at radius 3 is 1.40 bits per heavy atom. The summed E-state index contributed by atoms with van der Waals surface area (Å²) in [7, 11) is 0. The van der Waals surface area contributed by atoms with Gasteiger partial charge in [-0.2, -0.15) is 0 Å². The summed E-state index contributed by atoms with van der Waals surface area (Å²) in [5.74, 6) is 0. The average molecular weight is 765 g/mol. The molecular weight excluding hydrogens is 725 g/mol. The molecule has 0 aliphatic carbocycles. The Labute approximate surface area is 350 Å². The van der Waals surface area contributed by atoms with Crippen LogP contribution < -0.4 is 4.90 Å². The molecule has 11 rings (SSSR count). The van der Waals surface area contributed by atoms with E-state index >= 15 is 0 Å². The van der Waals surface area contributed by atoms with Crippen LogP contribution in [0.4, 0.5) is 17.1 Å². The number of para-hydroxylation sites is 2. The molecule has 1 aromatic heterocycles. The standard InChI is InChI=1S/C58H40N2/c1-3-14-41(15-4-1)43-26-33-48(34-27-43)59(49-35-28-45(29-36-49)52-23-13-19-44-18-7-8-20-51(44)52)50-37-30-46(31-38-50)53-21-9-11-24-56(53)60-57-25-12-10-22-54(57)55-40-47(32-39-58(55)60)42-16-5-2-6-17-42/h1-40H. The van der Waals surface area contributed by atoms with Gasteiger partial charge < -0.3 is 9.47 Å². The van der Waals surface area contributed by atoms with Gasteiger partial charge in [0.25, 0.3) is 0 Å². The van der Waals surface area contributed by atoms with Crippen LogP contribution in [-0.4, -0.2) is 4.57 Å². The van der Waals surface area contributed by atoms with Crippen molar-refractivity contribution < 1.29 is 0 Å². The lowest BCUT2D eigenvalue weighted by molar-refractivity contribution is 1.18. The molecular formula is C58H40N2. The summed E-state index contributed by atoms with van der Waals surface area (Å²) in [6.45, 7) is 0. The number of fused-ring (bicyclic) bond motifs is 4. The number of anilines is 3. The minimum atomic E-state index is 1.09. The van der Waals surface area contributed by atoms with Gasteiger partial charge in [0.1, 0.15) is 0 Å². The lowest BCUT2D eigenvalue weighted by Crippen LogP contribution is -2.09. The van der Waals surface area contributed by atoms with Gasteiger partial charge in [0.05, 0.1) is 16.7 Å². The number of hydrogen-bond acceptors (Lipinski definition) is 1. The zero-order valence-corrected chi connectivity index (χ0v) is 33.0. The normalized spacial score (nSPS) is 11.3. The van der Waals surface area contributed by atoms with Gasteiger partial charge in [0, 0.05) is 33.4 Å². The molecule has 0 saturated carbocycles. The van der Waals surface area contributed by atoms with Crippen molar-refractivity contribution in [2.24, 2.45) is 0 Å². The Bertz CT molecular complexity index is 3270. The predicted molar refractivity (Wildman–Crippen MR) is 255 cm³/mol. The molecule has 0 N–H and O–H groups in total. The van der Waals surface area contributed by atoms with Crippen molar-refractivity contribution in [3.05, 3.63) is 243 Å². The van der Waals surface area contributed by atoms with Crippen LogP contribution in [0.5, 0.6) is 0 Å². The van der Waals surface area contributed by atoms with Crippen LogP contribution in [0.3, 0.4) is 0 Å². The maximum absolute atomic E-state index is 2.43. The van der Waals surface area contributed by atoms with Gasteiger partial charge in [-0.05, 0) is 110 Å². The third-order valence-electron chi connectivity index (χ3n) is 11.8. The summed E-state index contributed by atoms with van der Waals surface area (Å²) >= 11 is 0. The SMILES string of the molecule is c1ccc(-c2ccc(N(c3ccc(-c4ccccc4-n4c5ccccc5c5cc(-c6ccccc6)ccc54)cc3)c3ccc(-c4cccc5ccccc45)cc3)cc2)cc1. The molecule has 60 heavy (non-hydrogen) atoms. The molecule has 2 heteroatoms. The largest absolute Gasteiger partial charge is 0.311 e. The van der Waals surface area contributed by atoms with Crippen LogP contribution in [0.15, 0.2) is 243 Å². The molecule has 0 amide bonds. The summed E-state index contributed by atoms with van der Waals surface area (Å²) in [5, 5.41) is 5.00. The second-order valence-corrected chi connectivity index (χ2v) is 15.3. The maximum Gasteiger partial charge on any atom is 0.0541 e. The van der Waals surface area contributed by atoms with Crippen LogP contribution in [0.1, 0.15) is 0 Å². The molecule has 0 fully saturated rings. The van der Waals surface area contributed by atoms with Crippen molar-refractivity contribution in [1.29, 1.82) is 0 Å². The molecule has 1 heterocycles. The minimum Gasteiger partial charge on any atom is -0.311 e. The molecule has 0 atom stereocenters. The zero-order chi connectivity index (χ0) is 39.8. The first kappa shape index (κ1) is 35.2. The fourth-order valence-corrected chi connectivity index (χ4v) is 8.89. The van der Waals surface area contributed by atoms with Gasteiger partial charge in [-0.1, -0.05) is 182 Å². The summed E-state index contributed by atoms with van der Waals surface area (Å²) in [6.07, 6.45) is 0. The lowest BCUT2D eigenvalue weighted by atomic mass is 9.98.